The molecule has 0 N–H and O–H groups in total. The van der Waals surface area contributed by atoms with Gasteiger partial charge in [0.05, 0.1) is 12.2 Å². The van der Waals surface area contributed by atoms with Crippen molar-refractivity contribution in [3.8, 4) is 5.75 Å². The van der Waals surface area contributed by atoms with Gasteiger partial charge in [0.15, 0.2) is 0 Å². The van der Waals surface area contributed by atoms with Crippen molar-refractivity contribution in [1.29, 1.82) is 0 Å². The van der Waals surface area contributed by atoms with Crippen LogP contribution in [0, 0.1) is 0 Å². The van der Waals surface area contributed by atoms with E-state index in [2.05, 4.69) is 12.8 Å². The van der Waals surface area contributed by atoms with E-state index in [1.54, 1.807) is 0 Å². The molecule has 1 aliphatic heterocycles. The number of hydrogen-bond acceptors (Lipinski definition) is 3. The van der Waals surface area contributed by atoms with Crippen molar-refractivity contribution < 1.29 is 4.74 Å². The molecule has 2 rings (SSSR count). The number of anilines is 1. The molecule has 1 unspecified atom stereocenters. The summed E-state index contributed by atoms with van der Waals surface area (Å²) in [7, 11) is 0. The molecule has 0 spiro atoms. The van der Waals surface area contributed by atoms with Gasteiger partial charge in [0, 0.05) is 0 Å². The maximum Gasteiger partial charge on any atom is 0.143 e. The van der Waals surface area contributed by atoms with Crippen molar-refractivity contribution in [2.24, 2.45) is 0 Å². The van der Waals surface area contributed by atoms with E-state index in [1.165, 1.54) is 0 Å². The Bertz CT molecular complexity index is 290. The Kier molecular flexibility index (Phi) is 1.89. The summed E-state index contributed by atoms with van der Waals surface area (Å²) < 4.78 is 7.53. The van der Waals surface area contributed by atoms with E-state index in [4.69, 9.17) is 4.74 Å². The molecule has 0 aromatic heterocycles. The van der Waals surface area contributed by atoms with Gasteiger partial charge in [-0.15, -0.1) is 0 Å². The van der Waals surface area contributed by atoms with Gasteiger partial charge in [-0.25, -0.2) is 0 Å². The molecular formula is C9H11NOS. The van der Waals surface area contributed by atoms with Crippen molar-refractivity contribution in [2.45, 2.75) is 13.0 Å². The van der Waals surface area contributed by atoms with Gasteiger partial charge in [-0.2, -0.15) is 0 Å². The summed E-state index contributed by atoms with van der Waals surface area (Å²) in [6.45, 7) is 2.87. The van der Waals surface area contributed by atoms with Gasteiger partial charge in [-0.05, 0) is 19.1 Å². The van der Waals surface area contributed by atoms with Crippen LogP contribution in [0.15, 0.2) is 24.3 Å². The first-order chi connectivity index (χ1) is 5.77. The van der Waals surface area contributed by atoms with Crippen LogP contribution >= 0.6 is 12.8 Å². The topological polar surface area (TPSA) is 12.5 Å². The van der Waals surface area contributed by atoms with E-state index in [0.717, 1.165) is 18.0 Å². The minimum Gasteiger partial charge on any atom is -0.487 e. The van der Waals surface area contributed by atoms with Gasteiger partial charge in [0.25, 0.3) is 0 Å². The summed E-state index contributed by atoms with van der Waals surface area (Å²) in [5, 5.41) is 0. The quantitative estimate of drug-likeness (QED) is 0.615. The summed E-state index contributed by atoms with van der Waals surface area (Å²) in [5.41, 5.74) is 1.05. The molecule has 1 aliphatic rings. The van der Waals surface area contributed by atoms with Crippen LogP contribution in [0.4, 0.5) is 5.69 Å². The number of benzene rings is 1. The Hall–Kier alpha value is -0.830. The van der Waals surface area contributed by atoms with Crippen LogP contribution in [0.25, 0.3) is 0 Å². The summed E-state index contributed by atoms with van der Waals surface area (Å²) in [4.78, 5) is 0. The van der Waals surface area contributed by atoms with Gasteiger partial charge in [0.2, 0.25) is 0 Å². The van der Waals surface area contributed by atoms with E-state index in [9.17, 15) is 0 Å². The third-order valence-electron chi connectivity index (χ3n) is 1.90. The number of hydrogen-bond donors (Lipinski definition) is 1. The Labute approximate surface area is 77.7 Å². The second-order valence-corrected chi connectivity index (χ2v) is 3.46. The van der Waals surface area contributed by atoms with Crippen molar-refractivity contribution in [2.75, 3.05) is 10.8 Å². The summed E-state index contributed by atoms with van der Waals surface area (Å²) in [6.07, 6.45) is 0.220. The lowest BCUT2D eigenvalue weighted by atomic mass is 10.2. The molecule has 0 aliphatic carbocycles. The second kappa shape index (κ2) is 2.90. The standard InChI is InChI=1S/C9H11NOS/c1-7-6-10(12)8-4-2-3-5-9(8)11-7/h2-5,7,12H,6H2,1H3. The zero-order chi connectivity index (χ0) is 8.55. The fourth-order valence-electron chi connectivity index (χ4n) is 1.37. The predicted octanol–water partition coefficient (Wildman–Crippen LogP) is 2.12. The largest absolute Gasteiger partial charge is 0.487 e. The SMILES string of the molecule is CC1CN(S)c2ccccc2O1. The molecule has 0 saturated carbocycles. The highest BCUT2D eigenvalue weighted by molar-refractivity contribution is 7.81. The average molecular weight is 181 g/mol. The van der Waals surface area contributed by atoms with Crippen LogP contribution in [-0.2, 0) is 0 Å². The third kappa shape index (κ3) is 1.25. The summed E-state index contributed by atoms with van der Waals surface area (Å²) in [5.74, 6) is 0.922. The molecule has 0 saturated heterocycles. The number of para-hydroxylation sites is 2. The fourth-order valence-corrected chi connectivity index (χ4v) is 1.76. The molecular weight excluding hydrogens is 170 g/mol. The molecule has 2 nitrogen and oxygen atoms in total. The number of fused-ring (bicyclic) bond motifs is 1. The van der Waals surface area contributed by atoms with Gasteiger partial charge >= 0.3 is 0 Å². The zero-order valence-electron chi connectivity index (χ0n) is 6.90. The molecule has 0 fully saturated rings. The monoisotopic (exact) mass is 181 g/mol. The first-order valence-corrected chi connectivity index (χ1v) is 4.39. The zero-order valence-corrected chi connectivity index (χ0v) is 7.79. The molecule has 1 aromatic rings. The number of rotatable bonds is 0. The van der Waals surface area contributed by atoms with Crippen LogP contribution in [0.5, 0.6) is 5.75 Å². The second-order valence-electron chi connectivity index (χ2n) is 2.98. The van der Waals surface area contributed by atoms with Crippen LogP contribution in [0.3, 0.4) is 0 Å². The van der Waals surface area contributed by atoms with Crippen LogP contribution in [-0.4, -0.2) is 12.6 Å². The number of thiol groups is 1. The maximum atomic E-state index is 5.61. The highest BCUT2D eigenvalue weighted by Gasteiger charge is 2.19. The molecule has 0 radical (unpaired) electrons. The molecule has 3 heteroatoms. The maximum absolute atomic E-state index is 5.61. The van der Waals surface area contributed by atoms with Gasteiger partial charge < -0.3 is 9.04 Å². The van der Waals surface area contributed by atoms with Crippen molar-refractivity contribution in [1.82, 2.24) is 0 Å². The van der Waals surface area contributed by atoms with Crippen molar-refractivity contribution in [3.63, 3.8) is 0 Å². The van der Waals surface area contributed by atoms with Crippen LogP contribution < -0.4 is 9.04 Å². The van der Waals surface area contributed by atoms with E-state index < -0.39 is 0 Å². The molecule has 1 heterocycles. The minimum atomic E-state index is 0.220. The van der Waals surface area contributed by atoms with E-state index >= 15 is 0 Å². The van der Waals surface area contributed by atoms with E-state index in [0.29, 0.717) is 0 Å². The predicted molar refractivity (Wildman–Crippen MR) is 52.9 cm³/mol. The van der Waals surface area contributed by atoms with Gasteiger partial charge in [-0.3, -0.25) is 0 Å². The molecule has 12 heavy (non-hydrogen) atoms. The normalized spacial score (nSPS) is 21.5. The smallest absolute Gasteiger partial charge is 0.143 e. The Morgan fingerprint density at radius 2 is 2.25 bits per heavy atom. The third-order valence-corrected chi connectivity index (χ3v) is 2.28. The molecule has 0 bridgehead atoms. The Morgan fingerprint density at radius 3 is 3.08 bits per heavy atom. The molecule has 0 amide bonds. The lowest BCUT2D eigenvalue weighted by molar-refractivity contribution is 0.221. The van der Waals surface area contributed by atoms with Gasteiger partial charge in [-0.1, -0.05) is 24.9 Å². The van der Waals surface area contributed by atoms with Crippen molar-refractivity contribution in [3.05, 3.63) is 24.3 Å². The number of nitrogens with zero attached hydrogens (tertiary/aromatic N) is 1. The van der Waals surface area contributed by atoms with Gasteiger partial charge in [0.1, 0.15) is 11.9 Å². The average Bonchev–Trinajstić information content (AvgIpc) is 2.04. The van der Waals surface area contributed by atoms with Crippen molar-refractivity contribution >= 4 is 18.5 Å². The van der Waals surface area contributed by atoms with Crippen LogP contribution in [0.1, 0.15) is 6.92 Å². The first kappa shape index (κ1) is 7.80. The molecule has 1 atom stereocenters. The molecule has 64 valence electrons. The van der Waals surface area contributed by atoms with E-state index in [1.807, 2.05) is 35.5 Å². The fraction of sp³-hybridized carbons (Fsp3) is 0.333. The summed E-state index contributed by atoms with van der Waals surface area (Å²) in [6, 6.07) is 7.93. The number of ether oxygens (including phenoxy) is 1. The van der Waals surface area contributed by atoms with Crippen LogP contribution in [0.2, 0.25) is 0 Å². The summed E-state index contributed by atoms with van der Waals surface area (Å²) >= 11 is 4.35. The van der Waals surface area contributed by atoms with E-state index in [-0.39, 0.29) is 6.10 Å². The first-order valence-electron chi connectivity index (χ1n) is 3.99. The minimum absolute atomic E-state index is 0.220. The lowest BCUT2D eigenvalue weighted by Crippen LogP contribution is -2.32. The highest BCUT2D eigenvalue weighted by Crippen LogP contribution is 2.33. The Morgan fingerprint density at radius 1 is 1.50 bits per heavy atom. The Balaban J connectivity index is 2.40. The highest BCUT2D eigenvalue weighted by atomic mass is 32.1. The lowest BCUT2D eigenvalue weighted by Gasteiger charge is -2.30. The molecule has 1 aromatic carbocycles.